The Labute approximate surface area is 134 Å². The molecule has 3 aromatic rings. The molecule has 0 unspecified atom stereocenters. The molecule has 0 aliphatic carbocycles. The Hall–Kier alpha value is -2.53. The molecular weight excluding hydrogens is 290 g/mol. The van der Waals surface area contributed by atoms with Crippen LogP contribution in [0.2, 0.25) is 0 Å². The lowest BCUT2D eigenvalue weighted by atomic mass is 9.91. The zero-order valence-corrected chi connectivity index (χ0v) is 12.7. The number of hydrogen-bond donors (Lipinski definition) is 0. The molecule has 0 bridgehead atoms. The van der Waals surface area contributed by atoms with E-state index in [-0.39, 0.29) is 0 Å². The van der Waals surface area contributed by atoms with Gasteiger partial charge < -0.3 is 9.15 Å². The zero-order chi connectivity index (χ0) is 15.5. The highest BCUT2D eigenvalue weighted by Crippen LogP contribution is 2.29. The standard InChI is InChI=1S/C18H17N3O2/c1-3-15(4-2-13(1)14-7-11-22-12-8-14)17-20-21-18(23-17)16-5-9-19-10-6-16/h1-6,9-10,14H,7-8,11-12H2. The molecule has 1 aliphatic rings. The van der Waals surface area contributed by atoms with Crippen molar-refractivity contribution in [3.8, 4) is 22.9 Å². The van der Waals surface area contributed by atoms with Crippen molar-refractivity contribution in [3.63, 3.8) is 0 Å². The maximum absolute atomic E-state index is 5.77. The summed E-state index contributed by atoms with van der Waals surface area (Å²) in [5, 5.41) is 8.26. The van der Waals surface area contributed by atoms with Gasteiger partial charge in [0.05, 0.1) is 0 Å². The van der Waals surface area contributed by atoms with Crippen LogP contribution >= 0.6 is 0 Å². The second-order valence-electron chi connectivity index (χ2n) is 5.66. The van der Waals surface area contributed by atoms with E-state index in [2.05, 4.69) is 39.4 Å². The Morgan fingerprint density at radius 1 is 0.783 bits per heavy atom. The van der Waals surface area contributed by atoms with Gasteiger partial charge in [-0.1, -0.05) is 12.1 Å². The van der Waals surface area contributed by atoms with Crippen LogP contribution in [0.25, 0.3) is 22.9 Å². The number of aromatic nitrogens is 3. The topological polar surface area (TPSA) is 61.0 Å². The van der Waals surface area contributed by atoms with Gasteiger partial charge in [-0.05, 0) is 48.6 Å². The largest absolute Gasteiger partial charge is 0.416 e. The Morgan fingerprint density at radius 3 is 2.04 bits per heavy atom. The first-order valence-electron chi connectivity index (χ1n) is 7.82. The van der Waals surface area contributed by atoms with Gasteiger partial charge in [-0.2, -0.15) is 0 Å². The quantitative estimate of drug-likeness (QED) is 0.738. The molecule has 3 heterocycles. The maximum atomic E-state index is 5.77. The van der Waals surface area contributed by atoms with Gasteiger partial charge in [0.25, 0.3) is 0 Å². The highest BCUT2D eigenvalue weighted by atomic mass is 16.5. The minimum atomic E-state index is 0.510. The first-order chi connectivity index (χ1) is 11.4. The van der Waals surface area contributed by atoms with Crippen LogP contribution in [0.3, 0.4) is 0 Å². The first-order valence-corrected chi connectivity index (χ1v) is 7.82. The number of ether oxygens (including phenoxy) is 1. The van der Waals surface area contributed by atoms with Gasteiger partial charge in [0.1, 0.15) is 0 Å². The van der Waals surface area contributed by atoms with Crippen LogP contribution in [0.1, 0.15) is 24.3 Å². The van der Waals surface area contributed by atoms with Crippen molar-refractivity contribution in [1.82, 2.24) is 15.2 Å². The van der Waals surface area contributed by atoms with Crippen molar-refractivity contribution in [3.05, 3.63) is 54.4 Å². The van der Waals surface area contributed by atoms with E-state index in [1.54, 1.807) is 12.4 Å². The number of hydrogen-bond acceptors (Lipinski definition) is 5. The summed E-state index contributed by atoms with van der Waals surface area (Å²) < 4.78 is 11.2. The predicted octanol–water partition coefficient (Wildman–Crippen LogP) is 3.69. The fourth-order valence-corrected chi connectivity index (χ4v) is 2.88. The molecule has 4 rings (SSSR count). The van der Waals surface area contributed by atoms with Gasteiger partial charge in [-0.3, -0.25) is 4.98 Å². The predicted molar refractivity (Wildman–Crippen MR) is 85.8 cm³/mol. The summed E-state index contributed by atoms with van der Waals surface area (Å²) in [4.78, 5) is 3.99. The fraction of sp³-hybridized carbons (Fsp3) is 0.278. The van der Waals surface area contributed by atoms with Gasteiger partial charge in [0.2, 0.25) is 11.8 Å². The molecule has 1 aromatic carbocycles. The molecule has 23 heavy (non-hydrogen) atoms. The molecule has 0 saturated carbocycles. The molecule has 0 atom stereocenters. The van der Waals surface area contributed by atoms with Crippen LogP contribution in [-0.2, 0) is 4.74 Å². The average molecular weight is 307 g/mol. The van der Waals surface area contributed by atoms with E-state index >= 15 is 0 Å². The van der Waals surface area contributed by atoms with E-state index in [9.17, 15) is 0 Å². The summed E-state index contributed by atoms with van der Waals surface area (Å²) >= 11 is 0. The summed E-state index contributed by atoms with van der Waals surface area (Å²) in [5.41, 5.74) is 3.16. The van der Waals surface area contributed by atoms with Crippen LogP contribution in [-0.4, -0.2) is 28.4 Å². The Morgan fingerprint density at radius 2 is 1.39 bits per heavy atom. The van der Waals surface area contributed by atoms with Gasteiger partial charge in [0.15, 0.2) is 0 Å². The molecule has 0 spiro atoms. The highest BCUT2D eigenvalue weighted by Gasteiger charge is 2.16. The molecule has 0 N–H and O–H groups in total. The third-order valence-corrected chi connectivity index (χ3v) is 4.20. The van der Waals surface area contributed by atoms with Crippen LogP contribution in [0, 0.1) is 0 Å². The lowest BCUT2D eigenvalue weighted by Crippen LogP contribution is -2.13. The van der Waals surface area contributed by atoms with E-state index in [4.69, 9.17) is 9.15 Å². The van der Waals surface area contributed by atoms with Crippen LogP contribution < -0.4 is 0 Å². The summed E-state index contributed by atoms with van der Waals surface area (Å²) in [5.74, 6) is 1.64. The number of nitrogens with zero attached hydrogens (tertiary/aromatic N) is 3. The highest BCUT2D eigenvalue weighted by molar-refractivity contribution is 5.57. The van der Waals surface area contributed by atoms with E-state index in [0.29, 0.717) is 17.7 Å². The molecule has 1 aliphatic heterocycles. The van der Waals surface area contributed by atoms with E-state index < -0.39 is 0 Å². The number of rotatable bonds is 3. The second kappa shape index (κ2) is 6.30. The maximum Gasteiger partial charge on any atom is 0.248 e. The zero-order valence-electron chi connectivity index (χ0n) is 12.7. The molecule has 1 fully saturated rings. The van der Waals surface area contributed by atoms with Gasteiger partial charge in [-0.25, -0.2) is 0 Å². The molecule has 5 nitrogen and oxygen atoms in total. The summed E-state index contributed by atoms with van der Waals surface area (Å²) in [6, 6.07) is 12.1. The normalized spacial score (nSPS) is 15.7. The fourth-order valence-electron chi connectivity index (χ4n) is 2.88. The smallest absolute Gasteiger partial charge is 0.248 e. The molecule has 1 saturated heterocycles. The van der Waals surface area contributed by atoms with Crippen molar-refractivity contribution in [2.45, 2.75) is 18.8 Å². The summed E-state index contributed by atoms with van der Waals surface area (Å²) in [6.07, 6.45) is 5.60. The van der Waals surface area contributed by atoms with Gasteiger partial charge in [0, 0.05) is 36.7 Å². The molecule has 5 heteroatoms. The van der Waals surface area contributed by atoms with Crippen molar-refractivity contribution >= 4 is 0 Å². The lowest BCUT2D eigenvalue weighted by Gasteiger charge is -2.22. The van der Waals surface area contributed by atoms with Gasteiger partial charge >= 0.3 is 0 Å². The second-order valence-corrected chi connectivity index (χ2v) is 5.66. The van der Waals surface area contributed by atoms with E-state index in [1.807, 2.05) is 12.1 Å². The summed E-state index contributed by atoms with van der Waals surface area (Å²) in [7, 11) is 0. The van der Waals surface area contributed by atoms with Crippen LogP contribution in [0.5, 0.6) is 0 Å². The van der Waals surface area contributed by atoms with E-state index in [0.717, 1.165) is 37.2 Å². The monoisotopic (exact) mass is 307 g/mol. The van der Waals surface area contributed by atoms with Crippen molar-refractivity contribution < 1.29 is 9.15 Å². The lowest BCUT2D eigenvalue weighted by molar-refractivity contribution is 0.0853. The molecule has 2 aromatic heterocycles. The summed E-state index contributed by atoms with van der Waals surface area (Å²) in [6.45, 7) is 1.71. The third kappa shape index (κ3) is 3.00. The Bertz CT molecular complexity index is 762. The molecule has 0 radical (unpaired) electrons. The Kier molecular flexibility index (Phi) is 3.86. The van der Waals surface area contributed by atoms with Gasteiger partial charge in [-0.15, -0.1) is 10.2 Å². The minimum absolute atomic E-state index is 0.510. The molecule has 0 amide bonds. The van der Waals surface area contributed by atoms with E-state index in [1.165, 1.54) is 5.56 Å². The first kappa shape index (κ1) is 14.1. The van der Waals surface area contributed by atoms with Crippen molar-refractivity contribution in [1.29, 1.82) is 0 Å². The van der Waals surface area contributed by atoms with Crippen molar-refractivity contribution in [2.75, 3.05) is 13.2 Å². The average Bonchev–Trinajstić information content (AvgIpc) is 3.14. The van der Waals surface area contributed by atoms with Crippen LogP contribution in [0.15, 0.2) is 53.2 Å². The molecular formula is C18H17N3O2. The SMILES string of the molecule is c1cc(-c2nnc(-c3ccc(C4CCOCC4)cc3)o2)ccn1. The minimum Gasteiger partial charge on any atom is -0.416 e. The van der Waals surface area contributed by atoms with Crippen LogP contribution in [0.4, 0.5) is 0 Å². The van der Waals surface area contributed by atoms with Crippen molar-refractivity contribution in [2.24, 2.45) is 0 Å². The Balaban J connectivity index is 1.55. The third-order valence-electron chi connectivity index (χ3n) is 4.20. The molecule has 116 valence electrons. The number of pyridine rings is 1. The number of benzene rings is 1.